The summed E-state index contributed by atoms with van der Waals surface area (Å²) < 4.78 is 9.22. The normalized spacial score (nSPS) is 11.6. The predicted molar refractivity (Wildman–Crippen MR) is 529 cm³/mol. The van der Waals surface area contributed by atoms with Gasteiger partial charge in [-0.1, -0.05) is 291 Å². The first-order valence-corrected chi connectivity index (χ1v) is 43.2. The second-order valence-electron chi connectivity index (χ2n) is 33.0. The third-order valence-corrected chi connectivity index (χ3v) is 25.7. The number of benzene rings is 18. The van der Waals surface area contributed by atoms with Crippen LogP contribution in [0.4, 0.5) is 0 Å². The van der Waals surface area contributed by atoms with Gasteiger partial charge in [-0.15, -0.1) is 0 Å². The molecule has 8 heteroatoms. The summed E-state index contributed by atoms with van der Waals surface area (Å²) >= 11 is 0. The Morgan fingerprint density at radius 2 is 0.320 bits per heavy atom. The molecule has 0 radical (unpaired) electrons. The quantitative estimate of drug-likeness (QED) is 0.102. The van der Waals surface area contributed by atoms with Crippen LogP contribution in [0.3, 0.4) is 0 Å². The van der Waals surface area contributed by atoms with Crippen LogP contribution in [0.25, 0.3) is 233 Å². The minimum atomic E-state index is 0.491. The van der Waals surface area contributed by atoms with Crippen LogP contribution in [0.15, 0.2) is 449 Å². The number of aromatic nitrogens is 6. The topological polar surface area (TPSA) is 93.1 Å². The van der Waals surface area contributed by atoms with E-state index in [0.29, 0.717) is 45.3 Å². The van der Waals surface area contributed by atoms with Crippen molar-refractivity contribution in [1.82, 2.24) is 28.2 Å². The average molecular weight is 1630 g/mol. The monoisotopic (exact) mass is 1630 g/mol. The smallest absolute Gasteiger partial charge is 0.104 e. The lowest BCUT2D eigenvalue weighted by Crippen LogP contribution is -2.06. The number of hydrogen-bond donors (Lipinski definition) is 0. The number of fused-ring (bicyclic) bond motifs is 12. The molecule has 0 aliphatic heterocycles. The standard InChI is InChI=1S/C120H74N8/c121-75-105-117(125-109-49-41-85(77-25-9-1-10-26-77)61-97(109)98-62-86(42-50-110(98)125)78-27-11-2-12-28-78)71-95(72-118(105)126-111-51-43-87(79-29-13-3-14-30-79)63-99(111)100-64-88(44-52-112(100)126)80-31-15-4-16-32-80)107-69-93(57-59-123-107)94-58-60-124-108(70-94)96-73-119(127-113-53-45-89(81-33-17-5-18-34-81)65-101(113)102-66-90(46-54-114(102)127)82-35-19-6-20-36-82)106(76-122)120(74-96)128-115-55-47-91(83-37-21-7-22-38-83)67-103(115)104-68-92(48-56-116(104)128)84-39-23-8-24-40-84/h1-74H. The van der Waals surface area contributed by atoms with Crippen molar-refractivity contribution in [2.24, 2.45) is 0 Å². The van der Waals surface area contributed by atoms with Crippen molar-refractivity contribution in [3.8, 4) is 158 Å². The molecular formula is C120H74N8. The summed E-state index contributed by atoms with van der Waals surface area (Å²) in [4.78, 5) is 10.8. The van der Waals surface area contributed by atoms with Crippen molar-refractivity contribution >= 4 is 87.2 Å². The molecule has 0 saturated carbocycles. The lowest BCUT2D eigenvalue weighted by atomic mass is 9.98. The lowest BCUT2D eigenvalue weighted by molar-refractivity contribution is 1.11. The summed E-state index contributed by atoms with van der Waals surface area (Å²) in [7, 11) is 0. The van der Waals surface area contributed by atoms with Gasteiger partial charge in [0.2, 0.25) is 0 Å². The van der Waals surface area contributed by atoms with Crippen molar-refractivity contribution in [3.05, 3.63) is 460 Å². The third-order valence-electron chi connectivity index (χ3n) is 25.7. The predicted octanol–water partition coefficient (Wildman–Crippen LogP) is 30.9. The minimum Gasteiger partial charge on any atom is -0.308 e. The van der Waals surface area contributed by atoms with Gasteiger partial charge in [0.15, 0.2) is 0 Å². The molecule has 0 saturated heterocycles. The van der Waals surface area contributed by atoms with Gasteiger partial charge in [0, 0.05) is 66.6 Å². The van der Waals surface area contributed by atoms with Crippen LogP contribution < -0.4 is 0 Å². The summed E-state index contributed by atoms with van der Waals surface area (Å²) in [5, 5.41) is 33.4. The lowest BCUT2D eigenvalue weighted by Gasteiger charge is -2.19. The van der Waals surface area contributed by atoms with Crippen molar-refractivity contribution in [2.75, 3.05) is 0 Å². The Morgan fingerprint density at radius 3 is 0.484 bits per heavy atom. The Hall–Kier alpha value is -17.6. The molecule has 8 nitrogen and oxygen atoms in total. The molecule has 0 bridgehead atoms. The fourth-order valence-corrected chi connectivity index (χ4v) is 19.6. The van der Waals surface area contributed by atoms with Gasteiger partial charge >= 0.3 is 0 Å². The third kappa shape index (κ3) is 12.7. The maximum absolute atomic E-state index is 12.5. The number of nitriles is 2. The molecule has 0 fully saturated rings. The van der Waals surface area contributed by atoms with E-state index in [0.717, 1.165) is 198 Å². The summed E-state index contributed by atoms with van der Waals surface area (Å²) in [5.74, 6) is 0. The van der Waals surface area contributed by atoms with E-state index < -0.39 is 0 Å². The van der Waals surface area contributed by atoms with Crippen LogP contribution in [0.2, 0.25) is 0 Å². The van der Waals surface area contributed by atoms with Crippen LogP contribution in [0.1, 0.15) is 11.1 Å². The largest absolute Gasteiger partial charge is 0.308 e. The van der Waals surface area contributed by atoms with E-state index in [4.69, 9.17) is 9.97 Å². The molecule has 0 atom stereocenters. The van der Waals surface area contributed by atoms with Crippen LogP contribution >= 0.6 is 0 Å². The zero-order valence-corrected chi connectivity index (χ0v) is 69.3. The zero-order valence-electron chi connectivity index (χ0n) is 69.3. The summed E-state index contributed by atoms with van der Waals surface area (Å²) in [6.45, 7) is 0. The van der Waals surface area contributed by atoms with Gasteiger partial charge in [0.1, 0.15) is 23.3 Å². The Labute approximate surface area is 738 Å². The first-order valence-electron chi connectivity index (χ1n) is 43.2. The molecule has 0 amide bonds. The molecule has 18 aromatic carbocycles. The number of rotatable bonds is 15. The Balaban J connectivity index is 0.735. The highest BCUT2D eigenvalue weighted by molar-refractivity contribution is 6.17. The molecule has 0 aliphatic rings. The molecule has 0 unspecified atom stereocenters. The molecule has 128 heavy (non-hydrogen) atoms. The van der Waals surface area contributed by atoms with Crippen LogP contribution in [-0.2, 0) is 0 Å². The molecule has 6 heterocycles. The number of nitrogens with zero attached hydrogens (tertiary/aromatic N) is 8. The van der Waals surface area contributed by atoms with Crippen LogP contribution in [0.5, 0.6) is 0 Å². The average Bonchev–Trinajstić information content (AvgIpc) is 1.55. The molecule has 6 aromatic heterocycles. The van der Waals surface area contributed by atoms with E-state index in [1.54, 1.807) is 0 Å². The SMILES string of the molecule is N#Cc1c(-n2c3ccc(-c4ccccc4)cc3c3cc(-c4ccccc4)ccc32)cc(-c2cc(-c3ccnc(-c4cc(-n5c6ccc(-c7ccccc7)cc6c6cc(-c7ccccc7)ccc65)c(C#N)c(-n5c6ccc(-c7ccccc7)cc6c6cc(-c7ccccc7)ccc65)c4)c3)ccn2)cc1-n1c2ccc(-c3ccccc3)cc2c2cc(-c3ccccc3)ccc21. The van der Waals surface area contributed by atoms with E-state index in [2.05, 4.69) is 467 Å². The van der Waals surface area contributed by atoms with E-state index in [-0.39, 0.29) is 0 Å². The maximum Gasteiger partial charge on any atom is 0.104 e. The Morgan fingerprint density at radius 1 is 0.156 bits per heavy atom. The van der Waals surface area contributed by atoms with E-state index in [1.807, 2.05) is 12.4 Å². The van der Waals surface area contributed by atoms with Gasteiger partial charge in [-0.3, -0.25) is 9.97 Å². The van der Waals surface area contributed by atoms with Crippen molar-refractivity contribution < 1.29 is 0 Å². The summed E-state index contributed by atoms with van der Waals surface area (Å²) in [6.07, 6.45) is 3.80. The molecule has 0 spiro atoms. The van der Waals surface area contributed by atoms with Gasteiger partial charge in [0.25, 0.3) is 0 Å². The Kier molecular flexibility index (Phi) is 17.9. The van der Waals surface area contributed by atoms with Gasteiger partial charge in [-0.05, 0) is 246 Å². The molecule has 24 aromatic rings. The maximum atomic E-state index is 12.5. The second-order valence-corrected chi connectivity index (χ2v) is 33.0. The first kappa shape index (κ1) is 74.3. The van der Waals surface area contributed by atoms with Gasteiger partial charge in [-0.2, -0.15) is 10.5 Å². The molecular weight excluding hydrogens is 1550 g/mol. The second kappa shape index (κ2) is 30.8. The minimum absolute atomic E-state index is 0.491. The van der Waals surface area contributed by atoms with Crippen molar-refractivity contribution in [1.29, 1.82) is 10.5 Å². The highest BCUT2D eigenvalue weighted by Gasteiger charge is 2.29. The highest BCUT2D eigenvalue weighted by atomic mass is 15.0. The first-order chi connectivity index (χ1) is 63.4. The van der Waals surface area contributed by atoms with Gasteiger partial charge in [-0.25, -0.2) is 0 Å². The van der Waals surface area contributed by atoms with E-state index in [1.165, 1.54) is 0 Å². The molecule has 24 rings (SSSR count). The number of hydrogen-bond acceptors (Lipinski definition) is 4. The van der Waals surface area contributed by atoms with Crippen LogP contribution in [-0.4, -0.2) is 28.2 Å². The zero-order chi connectivity index (χ0) is 84.9. The van der Waals surface area contributed by atoms with E-state index >= 15 is 0 Å². The van der Waals surface area contributed by atoms with Crippen molar-refractivity contribution in [3.63, 3.8) is 0 Å². The van der Waals surface area contributed by atoms with Crippen LogP contribution in [0, 0.1) is 22.7 Å². The highest BCUT2D eigenvalue weighted by Crippen LogP contribution is 2.48. The fourth-order valence-electron chi connectivity index (χ4n) is 19.6. The number of pyridine rings is 2. The Bertz CT molecular complexity index is 7320. The summed E-state index contributed by atoms with van der Waals surface area (Å²) in [5.41, 5.74) is 33.8. The van der Waals surface area contributed by atoms with E-state index in [9.17, 15) is 10.5 Å². The molecule has 594 valence electrons. The van der Waals surface area contributed by atoms with Crippen molar-refractivity contribution in [2.45, 2.75) is 0 Å². The van der Waals surface area contributed by atoms with Gasteiger partial charge in [0.05, 0.1) is 78.3 Å². The van der Waals surface area contributed by atoms with Gasteiger partial charge < -0.3 is 18.3 Å². The molecule has 0 N–H and O–H groups in total. The summed E-state index contributed by atoms with van der Waals surface area (Å²) in [6, 6.07) is 161. The fraction of sp³-hybridized carbons (Fsp3) is 0. The molecule has 0 aliphatic carbocycles.